The summed E-state index contributed by atoms with van der Waals surface area (Å²) >= 11 is 1.58. The highest BCUT2D eigenvalue weighted by Gasteiger charge is 2.21. The number of methoxy groups -OCH3 is 1. The first-order valence-corrected chi connectivity index (χ1v) is 9.62. The summed E-state index contributed by atoms with van der Waals surface area (Å²) in [5, 5.41) is 9.58. The highest BCUT2D eigenvalue weighted by atomic mass is 32.2. The Morgan fingerprint density at radius 3 is 2.48 bits per heavy atom. The lowest BCUT2D eigenvalue weighted by atomic mass is 10.2. The maximum Gasteiger partial charge on any atom is 0.196 e. The summed E-state index contributed by atoms with van der Waals surface area (Å²) in [4.78, 5) is 2.07. The zero-order chi connectivity index (χ0) is 19.4. The van der Waals surface area contributed by atoms with Gasteiger partial charge in [-0.15, -0.1) is 10.2 Å². The summed E-state index contributed by atoms with van der Waals surface area (Å²) in [6.07, 6.45) is 0. The first kappa shape index (κ1) is 19.4. The molecule has 1 aromatic heterocycles. The van der Waals surface area contributed by atoms with E-state index in [-0.39, 0.29) is 11.9 Å². The number of benzene rings is 2. The molecule has 2 aromatic carbocycles. The van der Waals surface area contributed by atoms with Crippen LogP contribution in [-0.2, 0) is 5.75 Å². The van der Waals surface area contributed by atoms with Crippen LogP contribution in [0, 0.1) is 5.82 Å². The Kier molecular flexibility index (Phi) is 6.13. The Labute approximate surface area is 163 Å². The monoisotopic (exact) mass is 386 g/mol. The molecule has 1 unspecified atom stereocenters. The number of hydrogen-bond donors (Lipinski definition) is 0. The van der Waals surface area contributed by atoms with E-state index in [0.717, 1.165) is 28.0 Å². The standard InChI is InChI=1S/C20H23FN4OS/c1-14(24(2)3)19-22-23-20(25(19)17-11-9-16(21)10-12-17)27-13-15-7-5-6-8-18(15)26-4/h5-12,14H,13H2,1-4H3. The number of aromatic nitrogens is 3. The van der Waals surface area contributed by atoms with Crippen LogP contribution in [0.15, 0.2) is 53.7 Å². The molecule has 0 saturated heterocycles. The number of nitrogens with zero attached hydrogens (tertiary/aromatic N) is 4. The second kappa shape index (κ2) is 8.54. The molecule has 0 amide bonds. The molecule has 0 aliphatic carbocycles. The van der Waals surface area contributed by atoms with Crippen LogP contribution in [0.25, 0.3) is 5.69 Å². The third-order valence-corrected chi connectivity index (χ3v) is 5.42. The van der Waals surface area contributed by atoms with E-state index in [1.54, 1.807) is 31.0 Å². The maximum atomic E-state index is 13.4. The summed E-state index contributed by atoms with van der Waals surface area (Å²) in [5.41, 5.74) is 1.92. The normalized spacial score (nSPS) is 12.4. The smallest absolute Gasteiger partial charge is 0.196 e. The lowest BCUT2D eigenvalue weighted by molar-refractivity contribution is 0.305. The van der Waals surface area contributed by atoms with Gasteiger partial charge in [0.05, 0.1) is 13.2 Å². The molecule has 0 bridgehead atoms. The van der Waals surface area contributed by atoms with E-state index in [4.69, 9.17) is 4.74 Å². The minimum absolute atomic E-state index is 0.0585. The van der Waals surface area contributed by atoms with Gasteiger partial charge in [0.15, 0.2) is 11.0 Å². The van der Waals surface area contributed by atoms with Gasteiger partial charge in [-0.1, -0.05) is 30.0 Å². The predicted octanol–water partition coefficient (Wildman–Crippen LogP) is 4.33. The van der Waals surface area contributed by atoms with Crippen molar-refractivity contribution in [2.75, 3.05) is 21.2 Å². The Balaban J connectivity index is 1.96. The van der Waals surface area contributed by atoms with Gasteiger partial charge in [0, 0.05) is 17.0 Å². The molecular weight excluding hydrogens is 363 g/mol. The molecule has 7 heteroatoms. The molecule has 1 heterocycles. The Bertz CT molecular complexity index is 895. The highest BCUT2D eigenvalue weighted by molar-refractivity contribution is 7.98. The van der Waals surface area contributed by atoms with E-state index in [1.165, 1.54) is 12.1 Å². The van der Waals surface area contributed by atoms with E-state index in [1.807, 2.05) is 42.9 Å². The Hall–Kier alpha value is -2.38. The number of rotatable bonds is 7. The summed E-state index contributed by atoms with van der Waals surface area (Å²) in [6, 6.07) is 14.4. The van der Waals surface area contributed by atoms with Crippen LogP contribution in [0.4, 0.5) is 4.39 Å². The molecule has 0 aliphatic rings. The van der Waals surface area contributed by atoms with Crippen molar-refractivity contribution in [3.8, 4) is 11.4 Å². The third-order valence-electron chi connectivity index (χ3n) is 4.44. The van der Waals surface area contributed by atoms with Crippen LogP contribution < -0.4 is 4.74 Å². The first-order valence-electron chi connectivity index (χ1n) is 8.63. The third kappa shape index (κ3) is 4.31. The number of halogens is 1. The van der Waals surface area contributed by atoms with E-state index in [9.17, 15) is 4.39 Å². The van der Waals surface area contributed by atoms with Gasteiger partial charge in [0.1, 0.15) is 11.6 Å². The van der Waals surface area contributed by atoms with Gasteiger partial charge >= 0.3 is 0 Å². The Morgan fingerprint density at radius 1 is 1.11 bits per heavy atom. The summed E-state index contributed by atoms with van der Waals surface area (Å²) in [7, 11) is 5.66. The summed E-state index contributed by atoms with van der Waals surface area (Å²) in [6.45, 7) is 2.07. The Morgan fingerprint density at radius 2 is 1.81 bits per heavy atom. The van der Waals surface area contributed by atoms with Crippen LogP contribution in [-0.4, -0.2) is 40.9 Å². The van der Waals surface area contributed by atoms with Gasteiger partial charge in [0.2, 0.25) is 0 Å². The number of para-hydroxylation sites is 1. The second-order valence-corrected chi connectivity index (χ2v) is 7.34. The molecule has 5 nitrogen and oxygen atoms in total. The van der Waals surface area contributed by atoms with Gasteiger partial charge in [-0.2, -0.15) is 0 Å². The van der Waals surface area contributed by atoms with Crippen molar-refractivity contribution in [1.82, 2.24) is 19.7 Å². The van der Waals surface area contributed by atoms with Gasteiger partial charge in [-0.05, 0) is 51.4 Å². The largest absolute Gasteiger partial charge is 0.496 e. The van der Waals surface area contributed by atoms with Gasteiger partial charge in [0.25, 0.3) is 0 Å². The highest BCUT2D eigenvalue weighted by Crippen LogP contribution is 2.31. The van der Waals surface area contributed by atoms with Crippen LogP contribution >= 0.6 is 11.8 Å². The fraction of sp³-hybridized carbons (Fsp3) is 0.300. The van der Waals surface area contributed by atoms with E-state index in [2.05, 4.69) is 22.0 Å². The number of hydrogen-bond acceptors (Lipinski definition) is 5. The molecule has 3 rings (SSSR count). The molecule has 0 N–H and O–H groups in total. The number of ether oxygens (including phenoxy) is 1. The average Bonchev–Trinajstić information content (AvgIpc) is 3.10. The van der Waals surface area contributed by atoms with Crippen molar-refractivity contribution in [1.29, 1.82) is 0 Å². The molecule has 142 valence electrons. The quantitative estimate of drug-likeness (QED) is 0.566. The minimum atomic E-state index is -0.266. The van der Waals surface area contributed by atoms with Crippen LogP contribution in [0.2, 0.25) is 0 Å². The van der Waals surface area contributed by atoms with Crippen molar-refractivity contribution in [3.05, 3.63) is 65.7 Å². The van der Waals surface area contributed by atoms with E-state index < -0.39 is 0 Å². The SMILES string of the molecule is COc1ccccc1CSc1nnc(C(C)N(C)C)n1-c1ccc(F)cc1. The molecule has 0 saturated carbocycles. The van der Waals surface area contributed by atoms with Crippen LogP contribution in [0.3, 0.4) is 0 Å². The fourth-order valence-corrected chi connectivity index (χ4v) is 3.62. The predicted molar refractivity (Wildman–Crippen MR) is 106 cm³/mol. The molecule has 0 radical (unpaired) electrons. The van der Waals surface area contributed by atoms with E-state index >= 15 is 0 Å². The zero-order valence-corrected chi connectivity index (χ0v) is 16.7. The maximum absolute atomic E-state index is 13.4. The molecule has 0 aliphatic heterocycles. The minimum Gasteiger partial charge on any atom is -0.496 e. The van der Waals surface area contributed by atoms with Crippen LogP contribution in [0.5, 0.6) is 5.75 Å². The second-order valence-electron chi connectivity index (χ2n) is 6.39. The van der Waals surface area contributed by atoms with Crippen molar-refractivity contribution in [2.45, 2.75) is 23.9 Å². The van der Waals surface area contributed by atoms with E-state index in [0.29, 0.717) is 5.75 Å². The molecule has 1 atom stereocenters. The zero-order valence-electron chi connectivity index (χ0n) is 15.9. The molecule has 3 aromatic rings. The molecule has 0 spiro atoms. The topological polar surface area (TPSA) is 43.2 Å². The van der Waals surface area contributed by atoms with Gasteiger partial charge < -0.3 is 4.74 Å². The van der Waals surface area contributed by atoms with Gasteiger partial charge in [-0.3, -0.25) is 9.47 Å². The summed E-state index contributed by atoms with van der Waals surface area (Å²) in [5.74, 6) is 2.09. The summed E-state index contributed by atoms with van der Waals surface area (Å²) < 4.78 is 20.8. The van der Waals surface area contributed by atoms with Crippen molar-refractivity contribution >= 4 is 11.8 Å². The molecule has 0 fully saturated rings. The first-order chi connectivity index (χ1) is 13.0. The lowest BCUT2D eigenvalue weighted by Gasteiger charge is -2.20. The van der Waals surface area contributed by atoms with Crippen molar-refractivity contribution in [3.63, 3.8) is 0 Å². The van der Waals surface area contributed by atoms with Crippen LogP contribution in [0.1, 0.15) is 24.4 Å². The lowest BCUT2D eigenvalue weighted by Crippen LogP contribution is -2.20. The fourth-order valence-electron chi connectivity index (χ4n) is 2.67. The molecular formula is C20H23FN4OS. The van der Waals surface area contributed by atoms with Gasteiger partial charge in [-0.25, -0.2) is 4.39 Å². The number of thioether (sulfide) groups is 1. The van der Waals surface area contributed by atoms with Crippen molar-refractivity contribution < 1.29 is 9.13 Å². The molecule has 27 heavy (non-hydrogen) atoms. The average molecular weight is 386 g/mol. The van der Waals surface area contributed by atoms with Crippen molar-refractivity contribution in [2.24, 2.45) is 0 Å².